The predicted octanol–water partition coefficient (Wildman–Crippen LogP) is 3.12. The second-order valence-electron chi connectivity index (χ2n) is 7.11. The van der Waals surface area contributed by atoms with Gasteiger partial charge in [-0.1, -0.05) is 12.1 Å². The molecule has 162 valence electrons. The van der Waals surface area contributed by atoms with Crippen molar-refractivity contribution in [2.24, 2.45) is 0 Å². The number of pyridine rings is 2. The van der Waals surface area contributed by atoms with Crippen LogP contribution >= 0.6 is 0 Å². The van der Waals surface area contributed by atoms with Gasteiger partial charge in [-0.25, -0.2) is 0 Å². The quantitative estimate of drug-likeness (QED) is 0.363. The Hall–Kier alpha value is -4.20. The third-order valence-electron chi connectivity index (χ3n) is 5.24. The lowest BCUT2D eigenvalue weighted by molar-refractivity contribution is -0.140. The molecule has 4 rings (SSSR count). The number of benzene rings is 1. The summed E-state index contributed by atoms with van der Waals surface area (Å²) in [6, 6.07) is 12.7. The highest BCUT2D eigenvalue weighted by Crippen LogP contribution is 2.40. The van der Waals surface area contributed by atoms with E-state index in [1.54, 1.807) is 61.1 Å². The number of ketones is 1. The summed E-state index contributed by atoms with van der Waals surface area (Å²) in [6.45, 7) is 0.141. The van der Waals surface area contributed by atoms with E-state index in [-0.39, 0.29) is 17.9 Å². The number of likely N-dealkylation sites (tertiary alicyclic amines) is 1. The Morgan fingerprint density at radius 2 is 1.84 bits per heavy atom. The van der Waals surface area contributed by atoms with Crippen LogP contribution in [0.4, 0.5) is 0 Å². The van der Waals surface area contributed by atoms with Gasteiger partial charge in [0, 0.05) is 30.7 Å². The van der Waals surface area contributed by atoms with Gasteiger partial charge in [0.15, 0.2) is 11.5 Å². The Balaban J connectivity index is 1.85. The summed E-state index contributed by atoms with van der Waals surface area (Å²) in [5.41, 5.74) is 1.51. The lowest BCUT2D eigenvalue weighted by atomic mass is 9.98. The van der Waals surface area contributed by atoms with E-state index >= 15 is 0 Å². The molecule has 1 aromatic carbocycles. The Labute approximate surface area is 184 Å². The van der Waals surface area contributed by atoms with Gasteiger partial charge in [0.05, 0.1) is 25.5 Å². The van der Waals surface area contributed by atoms with Crippen LogP contribution in [0.2, 0.25) is 0 Å². The molecule has 0 radical (unpaired) electrons. The zero-order chi connectivity index (χ0) is 22.7. The number of aliphatic hydroxyl groups is 1. The zero-order valence-corrected chi connectivity index (χ0v) is 17.6. The van der Waals surface area contributed by atoms with Crippen LogP contribution in [0.1, 0.15) is 22.9 Å². The van der Waals surface area contributed by atoms with Crippen molar-refractivity contribution in [3.63, 3.8) is 0 Å². The van der Waals surface area contributed by atoms with Gasteiger partial charge >= 0.3 is 0 Å². The molecule has 8 nitrogen and oxygen atoms in total. The van der Waals surface area contributed by atoms with E-state index in [4.69, 9.17) is 9.47 Å². The second-order valence-corrected chi connectivity index (χ2v) is 7.11. The Morgan fingerprint density at radius 1 is 1.03 bits per heavy atom. The Morgan fingerprint density at radius 3 is 2.50 bits per heavy atom. The second kappa shape index (κ2) is 8.89. The molecule has 1 N–H and O–H groups in total. The molecule has 0 spiro atoms. The van der Waals surface area contributed by atoms with Gasteiger partial charge in [-0.15, -0.1) is 0 Å². The highest BCUT2D eigenvalue weighted by atomic mass is 16.5. The average Bonchev–Trinajstić information content (AvgIpc) is 3.09. The third kappa shape index (κ3) is 3.78. The van der Waals surface area contributed by atoms with Crippen molar-refractivity contribution in [2.75, 3.05) is 14.2 Å². The summed E-state index contributed by atoms with van der Waals surface area (Å²) in [7, 11) is 2.98. The van der Waals surface area contributed by atoms with Crippen molar-refractivity contribution >= 4 is 17.4 Å². The first-order valence-electron chi connectivity index (χ1n) is 9.85. The molecule has 1 fully saturated rings. The van der Waals surface area contributed by atoms with Gasteiger partial charge in [0.25, 0.3) is 11.7 Å². The maximum atomic E-state index is 13.1. The summed E-state index contributed by atoms with van der Waals surface area (Å²) >= 11 is 0. The number of carbonyl (C=O) groups excluding carboxylic acids is 2. The van der Waals surface area contributed by atoms with Crippen LogP contribution in [0.15, 0.2) is 72.7 Å². The van der Waals surface area contributed by atoms with E-state index in [2.05, 4.69) is 9.97 Å². The molecule has 3 heterocycles. The third-order valence-corrected chi connectivity index (χ3v) is 5.24. The van der Waals surface area contributed by atoms with Crippen molar-refractivity contribution < 1.29 is 24.2 Å². The number of carbonyl (C=O) groups is 2. The molecule has 2 aromatic heterocycles. The summed E-state index contributed by atoms with van der Waals surface area (Å²) < 4.78 is 10.5. The highest BCUT2D eigenvalue weighted by molar-refractivity contribution is 6.46. The molecule has 8 heteroatoms. The summed E-state index contributed by atoms with van der Waals surface area (Å²) in [5, 5.41) is 11.2. The minimum Gasteiger partial charge on any atom is -0.507 e. The molecule has 1 aliphatic heterocycles. The number of ether oxygens (including phenoxy) is 2. The van der Waals surface area contributed by atoms with Crippen LogP contribution in [0, 0.1) is 0 Å². The molecule has 0 saturated carbocycles. The summed E-state index contributed by atoms with van der Waals surface area (Å²) in [4.78, 5) is 35.9. The Kier molecular flexibility index (Phi) is 5.85. The molecule has 0 aliphatic carbocycles. The fourth-order valence-electron chi connectivity index (χ4n) is 3.72. The van der Waals surface area contributed by atoms with Crippen molar-refractivity contribution in [1.82, 2.24) is 14.9 Å². The molecule has 1 unspecified atom stereocenters. The monoisotopic (exact) mass is 431 g/mol. The maximum absolute atomic E-state index is 13.1. The van der Waals surface area contributed by atoms with Crippen molar-refractivity contribution in [2.45, 2.75) is 12.6 Å². The Bertz CT molecular complexity index is 1180. The molecule has 1 saturated heterocycles. The number of hydrogen-bond acceptors (Lipinski definition) is 7. The highest BCUT2D eigenvalue weighted by Gasteiger charge is 2.46. The van der Waals surface area contributed by atoms with E-state index < -0.39 is 17.7 Å². The number of aromatic nitrogens is 2. The first kappa shape index (κ1) is 21.0. The average molecular weight is 431 g/mol. The SMILES string of the molecule is COc1ccc(/C(O)=C2/C(=O)C(=O)N(Cc3cccnc3)C2c2ccccn2)cc1OC. The largest absolute Gasteiger partial charge is 0.507 e. The van der Waals surface area contributed by atoms with Crippen molar-refractivity contribution in [3.05, 3.63) is 89.5 Å². The summed E-state index contributed by atoms with van der Waals surface area (Å²) in [5.74, 6) is -0.949. The van der Waals surface area contributed by atoms with Gasteiger partial charge in [0.1, 0.15) is 11.8 Å². The normalized spacial score (nSPS) is 17.4. The fourth-order valence-corrected chi connectivity index (χ4v) is 3.72. The minimum atomic E-state index is -0.857. The molecular formula is C24H21N3O5. The van der Waals surface area contributed by atoms with Gasteiger partial charge in [-0.3, -0.25) is 19.6 Å². The molecule has 1 aliphatic rings. The molecule has 32 heavy (non-hydrogen) atoms. The van der Waals surface area contributed by atoms with Crippen LogP contribution in [-0.4, -0.2) is 45.9 Å². The number of rotatable bonds is 6. The van der Waals surface area contributed by atoms with Crippen LogP contribution in [0.5, 0.6) is 11.5 Å². The molecule has 0 bridgehead atoms. The topological polar surface area (TPSA) is 102 Å². The van der Waals surface area contributed by atoms with E-state index in [1.807, 2.05) is 6.07 Å². The number of amides is 1. The van der Waals surface area contributed by atoms with E-state index in [0.717, 1.165) is 5.56 Å². The van der Waals surface area contributed by atoms with Crippen molar-refractivity contribution in [1.29, 1.82) is 0 Å². The fraction of sp³-hybridized carbons (Fsp3) is 0.167. The molecule has 1 atom stereocenters. The predicted molar refractivity (Wildman–Crippen MR) is 116 cm³/mol. The van der Waals surface area contributed by atoms with Crippen LogP contribution < -0.4 is 9.47 Å². The molecule has 1 amide bonds. The first-order chi connectivity index (χ1) is 15.5. The standard InChI is InChI=1S/C24H21N3O5/c1-31-18-9-8-16(12-19(18)32-2)22(28)20-21(17-7-3-4-11-26-17)27(24(30)23(20)29)14-15-6-5-10-25-13-15/h3-13,21,28H,14H2,1-2H3/b22-20-. The van der Waals surface area contributed by atoms with Crippen LogP contribution in [0.25, 0.3) is 5.76 Å². The lowest BCUT2D eigenvalue weighted by Gasteiger charge is -2.24. The minimum absolute atomic E-state index is 0.0372. The lowest BCUT2D eigenvalue weighted by Crippen LogP contribution is -2.29. The van der Waals surface area contributed by atoms with E-state index in [0.29, 0.717) is 22.8 Å². The number of Topliss-reactive ketones (excluding diaryl/α,β-unsaturated/α-hetero) is 1. The zero-order valence-electron chi connectivity index (χ0n) is 17.6. The smallest absolute Gasteiger partial charge is 0.296 e. The number of hydrogen-bond donors (Lipinski definition) is 1. The van der Waals surface area contributed by atoms with Crippen LogP contribution in [-0.2, 0) is 16.1 Å². The first-order valence-corrected chi connectivity index (χ1v) is 9.85. The van der Waals surface area contributed by atoms with Crippen molar-refractivity contribution in [3.8, 4) is 11.5 Å². The molecule has 3 aromatic rings. The van der Waals surface area contributed by atoms with Gasteiger partial charge < -0.3 is 19.5 Å². The van der Waals surface area contributed by atoms with Gasteiger partial charge in [0.2, 0.25) is 0 Å². The summed E-state index contributed by atoms with van der Waals surface area (Å²) in [6.07, 6.45) is 4.84. The van der Waals surface area contributed by atoms with Crippen LogP contribution in [0.3, 0.4) is 0 Å². The number of methoxy groups -OCH3 is 2. The molecular weight excluding hydrogens is 410 g/mol. The number of aliphatic hydroxyl groups excluding tert-OH is 1. The maximum Gasteiger partial charge on any atom is 0.296 e. The van der Waals surface area contributed by atoms with Gasteiger partial charge in [-0.2, -0.15) is 0 Å². The van der Waals surface area contributed by atoms with Gasteiger partial charge in [-0.05, 0) is 42.0 Å². The van der Waals surface area contributed by atoms with E-state index in [1.165, 1.54) is 19.1 Å². The van der Waals surface area contributed by atoms with E-state index in [9.17, 15) is 14.7 Å². The number of nitrogens with zero attached hydrogens (tertiary/aromatic N) is 3.